The van der Waals surface area contributed by atoms with Crippen LogP contribution in [0.4, 0.5) is 0 Å². The minimum absolute atomic E-state index is 0.325. The predicted octanol–water partition coefficient (Wildman–Crippen LogP) is 7.35. The number of benzene rings is 2. The number of carbonyl (C=O) groups excluding carboxylic acids is 1. The summed E-state index contributed by atoms with van der Waals surface area (Å²) in [6.45, 7) is 6.16. The van der Waals surface area contributed by atoms with Crippen LogP contribution in [0, 0.1) is 0 Å². The van der Waals surface area contributed by atoms with Crippen molar-refractivity contribution in [3.63, 3.8) is 0 Å². The van der Waals surface area contributed by atoms with Gasteiger partial charge in [-0.15, -0.1) is 0 Å². The lowest BCUT2D eigenvalue weighted by molar-refractivity contribution is -0.137. The van der Waals surface area contributed by atoms with E-state index in [1.807, 2.05) is 0 Å². The molecule has 0 saturated heterocycles. The van der Waals surface area contributed by atoms with Gasteiger partial charge in [0.25, 0.3) is 0 Å². The first kappa shape index (κ1) is 23.1. The highest BCUT2D eigenvalue weighted by molar-refractivity contribution is 5.89. The molecule has 0 aliphatic heterocycles. The van der Waals surface area contributed by atoms with Crippen LogP contribution < -0.4 is 0 Å². The molecule has 0 N–H and O–H groups in total. The van der Waals surface area contributed by atoms with E-state index < -0.39 is 0 Å². The number of fused-ring (bicyclic) bond motifs is 1. The minimum Gasteiger partial charge on any atom is -0.463 e. The van der Waals surface area contributed by atoms with Gasteiger partial charge in [0.15, 0.2) is 0 Å². The molecule has 0 amide bonds. The Kier molecular flexibility index (Phi) is 9.15. The van der Waals surface area contributed by atoms with Crippen LogP contribution in [0.1, 0.15) is 79.7 Å². The first-order valence-corrected chi connectivity index (χ1v) is 11.9. The number of rotatable bonds is 13. The largest absolute Gasteiger partial charge is 0.463 e. The Morgan fingerprint density at radius 1 is 0.968 bits per heavy atom. The normalized spacial score (nSPS) is 12.4. The Labute approximate surface area is 188 Å². The summed E-state index contributed by atoms with van der Waals surface area (Å²) >= 11 is 0. The maximum absolute atomic E-state index is 11.0. The fourth-order valence-electron chi connectivity index (χ4n) is 4.31. The Morgan fingerprint density at radius 3 is 2.52 bits per heavy atom. The van der Waals surface area contributed by atoms with Gasteiger partial charge in [0.2, 0.25) is 0 Å². The van der Waals surface area contributed by atoms with Gasteiger partial charge in [-0.25, -0.2) is 4.79 Å². The lowest BCUT2D eigenvalue weighted by atomic mass is 9.98. The fourth-order valence-corrected chi connectivity index (χ4v) is 4.31. The maximum Gasteiger partial charge on any atom is 0.330 e. The second-order valence-electron chi connectivity index (χ2n) is 8.53. The summed E-state index contributed by atoms with van der Waals surface area (Å²) in [7, 11) is 0. The monoisotopic (exact) mass is 416 g/mol. The molecular weight excluding hydrogens is 380 g/mol. The van der Waals surface area contributed by atoms with Crippen LogP contribution in [0.5, 0.6) is 0 Å². The molecule has 0 aromatic heterocycles. The van der Waals surface area contributed by atoms with E-state index in [-0.39, 0.29) is 5.97 Å². The Morgan fingerprint density at radius 2 is 1.74 bits per heavy atom. The molecule has 2 nitrogen and oxygen atoms in total. The van der Waals surface area contributed by atoms with Crippen LogP contribution in [-0.2, 0) is 28.8 Å². The van der Waals surface area contributed by atoms with Gasteiger partial charge in [-0.2, -0.15) is 0 Å². The van der Waals surface area contributed by atoms with Crippen LogP contribution in [0.2, 0.25) is 0 Å². The number of hydrogen-bond donors (Lipinski definition) is 0. The molecule has 0 saturated carbocycles. The van der Waals surface area contributed by atoms with E-state index in [4.69, 9.17) is 4.74 Å². The molecule has 2 aromatic rings. The number of hydrogen-bond acceptors (Lipinski definition) is 2. The second-order valence-corrected chi connectivity index (χ2v) is 8.53. The second kappa shape index (κ2) is 12.3. The molecule has 1 aliphatic carbocycles. The molecule has 164 valence electrons. The third-order valence-corrected chi connectivity index (χ3v) is 6.13. The standard InChI is InChI=1S/C29H36O2/c1-3-5-8-12-23-16-18-24(19-17-23)27-21-26-15-11-14-25(28(26)22-27)13-9-6-7-10-20-31-29(30)4-2/h4,11,14-19,22H,2-3,5-10,12-13,20-21H2,1H3. The molecule has 0 bridgehead atoms. The molecule has 31 heavy (non-hydrogen) atoms. The number of esters is 1. The van der Waals surface area contributed by atoms with Gasteiger partial charge in [-0.1, -0.05) is 87.7 Å². The molecular formula is C29H36O2. The van der Waals surface area contributed by atoms with Gasteiger partial charge in [0.05, 0.1) is 6.61 Å². The first-order valence-electron chi connectivity index (χ1n) is 11.9. The summed E-state index contributed by atoms with van der Waals surface area (Å²) in [5.41, 5.74) is 8.59. The van der Waals surface area contributed by atoms with E-state index in [0.717, 1.165) is 32.1 Å². The summed E-state index contributed by atoms with van der Waals surface area (Å²) in [5, 5.41) is 0. The molecule has 3 rings (SSSR count). The van der Waals surface area contributed by atoms with Crippen molar-refractivity contribution in [1.29, 1.82) is 0 Å². The van der Waals surface area contributed by atoms with E-state index in [9.17, 15) is 4.79 Å². The predicted molar refractivity (Wildman–Crippen MR) is 131 cm³/mol. The smallest absolute Gasteiger partial charge is 0.330 e. The highest BCUT2D eigenvalue weighted by Gasteiger charge is 2.16. The van der Waals surface area contributed by atoms with Crippen molar-refractivity contribution in [1.82, 2.24) is 0 Å². The van der Waals surface area contributed by atoms with E-state index in [1.54, 1.807) is 0 Å². The zero-order valence-corrected chi connectivity index (χ0v) is 19.0. The van der Waals surface area contributed by atoms with Gasteiger partial charge in [-0.3, -0.25) is 0 Å². The van der Waals surface area contributed by atoms with Gasteiger partial charge in [-0.05, 0) is 71.9 Å². The van der Waals surface area contributed by atoms with Crippen LogP contribution in [0.3, 0.4) is 0 Å². The Hall–Kier alpha value is -2.61. The zero-order chi connectivity index (χ0) is 21.9. The van der Waals surface area contributed by atoms with Crippen molar-refractivity contribution in [2.24, 2.45) is 0 Å². The van der Waals surface area contributed by atoms with Gasteiger partial charge < -0.3 is 4.74 Å². The maximum atomic E-state index is 11.0. The highest BCUT2D eigenvalue weighted by atomic mass is 16.5. The van der Waals surface area contributed by atoms with Crippen molar-refractivity contribution < 1.29 is 9.53 Å². The number of ether oxygens (including phenoxy) is 1. The molecule has 0 atom stereocenters. The first-order chi connectivity index (χ1) is 15.2. The average molecular weight is 417 g/mol. The summed E-state index contributed by atoms with van der Waals surface area (Å²) in [6, 6.07) is 16.0. The van der Waals surface area contributed by atoms with Crippen LogP contribution in [-0.4, -0.2) is 12.6 Å². The molecule has 0 unspecified atom stereocenters. The van der Waals surface area contributed by atoms with Crippen molar-refractivity contribution in [3.05, 3.63) is 82.9 Å². The number of aryl methyl sites for hydroxylation is 2. The van der Waals surface area contributed by atoms with Gasteiger partial charge in [0.1, 0.15) is 0 Å². The van der Waals surface area contributed by atoms with Crippen molar-refractivity contribution in [2.75, 3.05) is 6.61 Å². The quantitative estimate of drug-likeness (QED) is 0.194. The van der Waals surface area contributed by atoms with E-state index in [2.05, 4.69) is 62.0 Å². The Bertz CT molecular complexity index is 889. The van der Waals surface area contributed by atoms with Crippen molar-refractivity contribution in [2.45, 2.75) is 71.1 Å². The van der Waals surface area contributed by atoms with Gasteiger partial charge in [0, 0.05) is 6.08 Å². The minimum atomic E-state index is -0.325. The van der Waals surface area contributed by atoms with E-state index in [1.165, 1.54) is 71.6 Å². The summed E-state index contributed by atoms with van der Waals surface area (Å²) < 4.78 is 5.04. The number of allylic oxidation sites excluding steroid dienone is 1. The summed E-state index contributed by atoms with van der Waals surface area (Å²) in [5.74, 6) is -0.325. The van der Waals surface area contributed by atoms with Crippen LogP contribution in [0.25, 0.3) is 11.6 Å². The number of unbranched alkanes of at least 4 members (excludes halogenated alkanes) is 5. The molecule has 0 radical (unpaired) electrons. The third kappa shape index (κ3) is 6.95. The molecule has 2 heteroatoms. The summed E-state index contributed by atoms with van der Waals surface area (Å²) in [6.07, 6.45) is 15.2. The van der Waals surface area contributed by atoms with Crippen LogP contribution in [0.15, 0.2) is 55.1 Å². The lowest BCUT2D eigenvalue weighted by Crippen LogP contribution is -2.01. The molecule has 0 spiro atoms. The summed E-state index contributed by atoms with van der Waals surface area (Å²) in [4.78, 5) is 11.0. The van der Waals surface area contributed by atoms with E-state index >= 15 is 0 Å². The molecule has 2 aromatic carbocycles. The fraction of sp³-hybridized carbons (Fsp3) is 0.414. The van der Waals surface area contributed by atoms with Crippen molar-refractivity contribution in [3.8, 4) is 0 Å². The van der Waals surface area contributed by atoms with Crippen LogP contribution >= 0.6 is 0 Å². The number of carbonyl (C=O) groups is 1. The van der Waals surface area contributed by atoms with Crippen molar-refractivity contribution >= 4 is 17.6 Å². The SMILES string of the molecule is C=CC(=O)OCCCCCCc1cccc2c1C=C(c1ccc(CCCCC)cc1)C2. The molecule has 1 aliphatic rings. The lowest BCUT2D eigenvalue weighted by Gasteiger charge is -2.07. The topological polar surface area (TPSA) is 26.3 Å². The average Bonchev–Trinajstić information content (AvgIpc) is 3.24. The highest BCUT2D eigenvalue weighted by Crippen LogP contribution is 2.34. The Balaban J connectivity index is 1.51. The third-order valence-electron chi connectivity index (χ3n) is 6.13. The molecule has 0 fully saturated rings. The van der Waals surface area contributed by atoms with Gasteiger partial charge >= 0.3 is 5.97 Å². The zero-order valence-electron chi connectivity index (χ0n) is 19.0. The van der Waals surface area contributed by atoms with E-state index in [0.29, 0.717) is 6.61 Å². The molecule has 0 heterocycles.